The average molecular weight is 406 g/mol. The van der Waals surface area contributed by atoms with Crippen LogP contribution in [0.3, 0.4) is 0 Å². The Morgan fingerprint density at radius 3 is 2.36 bits per heavy atom. The molecule has 0 unspecified atom stereocenters. The average Bonchev–Trinajstić information content (AvgIpc) is 2.99. The normalized spacial score (nSPS) is 10.7. The molecule has 4 aromatic rings. The van der Waals surface area contributed by atoms with Crippen LogP contribution in [0.25, 0.3) is 20.4 Å². The maximum Gasteiger partial charge on any atom is 0.184 e. The second-order valence-electron chi connectivity index (χ2n) is 4.23. The molecule has 0 saturated carbocycles. The number of nitrogens with zero attached hydrogens (tertiary/aromatic N) is 1. The largest absolute Gasteiger partial charge is 0.337 e. The quantitative estimate of drug-likeness (QED) is 0.313. The highest BCUT2D eigenvalue weighted by molar-refractivity contribution is 7.73. The monoisotopic (exact) mass is 404 g/mol. The molecule has 22 heavy (non-hydrogen) atoms. The van der Waals surface area contributed by atoms with Crippen LogP contribution in [-0.4, -0.2) is 9.97 Å². The summed E-state index contributed by atoms with van der Waals surface area (Å²) in [5.74, 6) is 0. The van der Waals surface area contributed by atoms with Gasteiger partial charge >= 0.3 is 0 Å². The molecule has 0 radical (unpaired) electrons. The molecular weight excluding hydrogens is 399 g/mol. The molecule has 112 valence electrons. The van der Waals surface area contributed by atoms with Crippen molar-refractivity contribution in [2.75, 3.05) is 0 Å². The highest BCUT2D eigenvalue weighted by atomic mass is 35.5. The Hall–Kier alpha value is -0.690. The van der Waals surface area contributed by atoms with Gasteiger partial charge in [-0.3, -0.25) is 0 Å². The summed E-state index contributed by atoms with van der Waals surface area (Å²) >= 11 is 25.2. The van der Waals surface area contributed by atoms with Crippen LogP contribution in [-0.2, 0) is 0 Å². The van der Waals surface area contributed by atoms with Gasteiger partial charge in [-0.05, 0) is 48.6 Å². The molecule has 0 saturated heterocycles. The number of hydrogen-bond donors (Lipinski definition) is 1. The van der Waals surface area contributed by atoms with E-state index in [2.05, 4.69) is 9.97 Å². The number of aromatic nitrogens is 2. The first-order valence-electron chi connectivity index (χ1n) is 6.01. The van der Waals surface area contributed by atoms with E-state index < -0.39 is 0 Å². The van der Waals surface area contributed by atoms with Crippen molar-refractivity contribution in [3.8, 4) is 0 Å². The Morgan fingerprint density at radius 1 is 0.909 bits per heavy atom. The predicted molar refractivity (Wildman–Crippen MR) is 102 cm³/mol. The maximum absolute atomic E-state index is 5.78. The van der Waals surface area contributed by atoms with Gasteiger partial charge in [-0.2, -0.15) is 0 Å². The summed E-state index contributed by atoms with van der Waals surface area (Å²) in [4.78, 5) is 7.12. The van der Waals surface area contributed by atoms with Gasteiger partial charge in [0.1, 0.15) is 0 Å². The Labute approximate surface area is 154 Å². The third-order valence-electron chi connectivity index (χ3n) is 2.70. The number of nitrogens with one attached hydrogen (secondary N) is 1. The fraction of sp³-hybridized carbons (Fsp3) is 0. The van der Waals surface area contributed by atoms with E-state index in [-0.39, 0.29) is 0 Å². The van der Waals surface area contributed by atoms with Crippen LogP contribution >= 0.6 is 69.7 Å². The third kappa shape index (κ3) is 3.79. The van der Waals surface area contributed by atoms with Gasteiger partial charge in [-0.1, -0.05) is 34.8 Å². The zero-order valence-corrected chi connectivity index (χ0v) is 15.5. The molecule has 0 fully saturated rings. The highest BCUT2D eigenvalue weighted by Crippen LogP contribution is 2.27. The number of hydrogen-bond acceptors (Lipinski definition) is 4. The van der Waals surface area contributed by atoms with E-state index in [1.54, 1.807) is 17.4 Å². The van der Waals surface area contributed by atoms with E-state index in [1.165, 1.54) is 11.3 Å². The first-order valence-corrected chi connectivity index (χ1v) is 9.19. The van der Waals surface area contributed by atoms with Crippen LogP contribution in [0.2, 0.25) is 14.5 Å². The number of rotatable bonds is 0. The van der Waals surface area contributed by atoms with E-state index in [0.29, 0.717) is 9.49 Å². The van der Waals surface area contributed by atoms with E-state index in [9.17, 15) is 0 Å². The van der Waals surface area contributed by atoms with Gasteiger partial charge in [0.15, 0.2) is 8.42 Å². The minimum Gasteiger partial charge on any atom is -0.337 e. The molecule has 0 atom stereocenters. The number of halogens is 3. The van der Waals surface area contributed by atoms with Crippen molar-refractivity contribution < 1.29 is 0 Å². The molecule has 2 aromatic carbocycles. The zero-order chi connectivity index (χ0) is 15.7. The Kier molecular flexibility index (Phi) is 5.02. The zero-order valence-electron chi connectivity index (χ0n) is 10.8. The van der Waals surface area contributed by atoms with Crippen LogP contribution in [0, 0.1) is 3.95 Å². The van der Waals surface area contributed by atoms with Crippen molar-refractivity contribution in [1.29, 1.82) is 0 Å². The molecule has 4 rings (SSSR count). The molecule has 0 amide bonds. The van der Waals surface area contributed by atoms with Crippen LogP contribution in [0.1, 0.15) is 0 Å². The first kappa shape index (κ1) is 16.2. The lowest BCUT2D eigenvalue weighted by atomic mass is 10.3. The summed E-state index contributed by atoms with van der Waals surface area (Å²) in [6.45, 7) is 0. The fourth-order valence-electron chi connectivity index (χ4n) is 1.80. The highest BCUT2D eigenvalue weighted by Gasteiger charge is 2.00. The smallest absolute Gasteiger partial charge is 0.184 e. The molecule has 2 nitrogen and oxygen atoms in total. The van der Waals surface area contributed by atoms with Crippen molar-refractivity contribution in [3.63, 3.8) is 0 Å². The second kappa shape index (κ2) is 6.83. The topological polar surface area (TPSA) is 28.7 Å². The Bertz CT molecular complexity index is 1000. The molecule has 0 aliphatic carbocycles. The molecule has 8 heteroatoms. The molecule has 0 spiro atoms. The molecule has 2 heterocycles. The number of fused-ring (bicyclic) bond motifs is 2. The van der Waals surface area contributed by atoms with Gasteiger partial charge in [0, 0.05) is 10.0 Å². The standard InChI is InChI=1S/C7H3Cl2NS.C7H4ClNS2/c8-4-1-2-6-5(3-4)10-7(9)11-6;8-4-1-2-6-5(3-4)9-7(10)11-6/h1-3H;1-3H,(H,9,10). The van der Waals surface area contributed by atoms with Crippen LogP contribution in [0.4, 0.5) is 0 Å². The fourth-order valence-corrected chi connectivity index (χ4v) is 4.24. The number of aromatic amines is 1. The van der Waals surface area contributed by atoms with Crippen molar-refractivity contribution in [2.45, 2.75) is 0 Å². The van der Waals surface area contributed by atoms with E-state index in [4.69, 9.17) is 47.0 Å². The minimum absolute atomic E-state index is 0.558. The Morgan fingerprint density at radius 2 is 1.59 bits per heavy atom. The van der Waals surface area contributed by atoms with Gasteiger partial charge in [-0.25, -0.2) is 4.98 Å². The number of thiazole rings is 2. The maximum atomic E-state index is 5.78. The van der Waals surface area contributed by atoms with Crippen molar-refractivity contribution in [1.82, 2.24) is 9.97 Å². The summed E-state index contributed by atoms with van der Waals surface area (Å²) in [5.41, 5.74) is 1.89. The van der Waals surface area contributed by atoms with Crippen LogP contribution in [0.5, 0.6) is 0 Å². The van der Waals surface area contributed by atoms with Gasteiger partial charge in [-0.15, -0.1) is 22.7 Å². The lowest BCUT2D eigenvalue weighted by Gasteiger charge is -1.87. The lowest BCUT2D eigenvalue weighted by molar-refractivity contribution is 1.47. The van der Waals surface area contributed by atoms with E-state index in [1.807, 2.05) is 30.3 Å². The lowest BCUT2D eigenvalue weighted by Crippen LogP contribution is -1.66. The third-order valence-corrected chi connectivity index (χ3v) is 5.53. The molecule has 0 aliphatic rings. The Balaban J connectivity index is 0.000000131. The van der Waals surface area contributed by atoms with Crippen molar-refractivity contribution >= 4 is 90.1 Å². The molecular formula is C14H7Cl3N2S3. The number of benzene rings is 2. The molecule has 0 bridgehead atoms. The van der Waals surface area contributed by atoms with Crippen LogP contribution in [0.15, 0.2) is 36.4 Å². The molecule has 2 aromatic heterocycles. The summed E-state index contributed by atoms with van der Waals surface area (Å²) in [5, 5.41) is 1.43. The molecule has 1 N–H and O–H groups in total. The first-order chi connectivity index (χ1) is 10.5. The van der Waals surface area contributed by atoms with Crippen molar-refractivity contribution in [3.05, 3.63) is 54.9 Å². The van der Waals surface area contributed by atoms with E-state index >= 15 is 0 Å². The van der Waals surface area contributed by atoms with E-state index in [0.717, 1.165) is 29.4 Å². The van der Waals surface area contributed by atoms with Gasteiger partial charge in [0.25, 0.3) is 0 Å². The summed E-state index contributed by atoms with van der Waals surface area (Å²) in [6, 6.07) is 11.3. The SMILES string of the molecule is Clc1ccc2sc(Cl)nc2c1.S=c1[nH]c2cc(Cl)ccc2s1. The summed E-state index contributed by atoms with van der Waals surface area (Å²) in [6.07, 6.45) is 0. The minimum atomic E-state index is 0.558. The van der Waals surface area contributed by atoms with Gasteiger partial charge in [0.2, 0.25) is 0 Å². The summed E-state index contributed by atoms with van der Waals surface area (Å²) in [7, 11) is 0. The number of H-pyrrole nitrogens is 1. The summed E-state index contributed by atoms with van der Waals surface area (Å²) < 4.78 is 3.57. The predicted octanol–water partition coefficient (Wildman–Crippen LogP) is 7.22. The molecule has 0 aliphatic heterocycles. The van der Waals surface area contributed by atoms with Crippen molar-refractivity contribution in [2.24, 2.45) is 0 Å². The van der Waals surface area contributed by atoms with Gasteiger partial charge in [0.05, 0.1) is 20.4 Å². The van der Waals surface area contributed by atoms with Gasteiger partial charge < -0.3 is 4.98 Å². The second-order valence-corrected chi connectivity index (χ2v) is 8.44. The van der Waals surface area contributed by atoms with Crippen LogP contribution < -0.4 is 0 Å².